The minimum atomic E-state index is 0.226. The highest BCUT2D eigenvalue weighted by Gasteiger charge is 2.25. The van der Waals surface area contributed by atoms with E-state index in [-0.39, 0.29) is 5.91 Å². The molecule has 0 aliphatic carbocycles. The monoisotopic (exact) mass is 310 g/mol. The van der Waals surface area contributed by atoms with Gasteiger partial charge in [-0.05, 0) is 43.9 Å². The molecule has 0 radical (unpaired) electrons. The van der Waals surface area contributed by atoms with Crippen molar-refractivity contribution < 1.29 is 4.79 Å². The molecule has 0 bridgehead atoms. The van der Waals surface area contributed by atoms with Crippen LogP contribution in [0.5, 0.6) is 0 Å². The lowest BCUT2D eigenvalue weighted by Gasteiger charge is -2.32. The molecule has 3 heterocycles. The van der Waals surface area contributed by atoms with Gasteiger partial charge in [-0.15, -0.1) is 0 Å². The van der Waals surface area contributed by atoms with Gasteiger partial charge in [-0.3, -0.25) is 9.78 Å². The molecule has 3 rings (SSSR count). The van der Waals surface area contributed by atoms with E-state index in [0.717, 1.165) is 49.4 Å². The topological polar surface area (TPSA) is 59.0 Å². The zero-order valence-corrected chi connectivity index (χ0v) is 13.5. The Bertz CT molecular complexity index is 659. The maximum atomic E-state index is 12.5. The average molecular weight is 310 g/mol. The fourth-order valence-corrected chi connectivity index (χ4v) is 3.10. The van der Waals surface area contributed by atoms with Gasteiger partial charge in [-0.2, -0.15) is 0 Å². The predicted molar refractivity (Wildman–Crippen MR) is 87.9 cm³/mol. The van der Waals surface area contributed by atoms with E-state index in [9.17, 15) is 4.79 Å². The van der Waals surface area contributed by atoms with Gasteiger partial charge in [0.2, 0.25) is 5.91 Å². The number of pyridine rings is 1. The van der Waals surface area contributed by atoms with Crippen LogP contribution in [0.25, 0.3) is 0 Å². The summed E-state index contributed by atoms with van der Waals surface area (Å²) in [6, 6.07) is 5.90. The smallest absolute Gasteiger partial charge is 0.222 e. The van der Waals surface area contributed by atoms with E-state index in [0.29, 0.717) is 12.3 Å². The van der Waals surface area contributed by atoms with Crippen molar-refractivity contribution in [1.82, 2.24) is 19.9 Å². The van der Waals surface area contributed by atoms with Gasteiger partial charge in [0.25, 0.3) is 0 Å². The number of aromatic nitrogens is 3. The third kappa shape index (κ3) is 4.12. The first-order valence-electron chi connectivity index (χ1n) is 8.18. The second-order valence-corrected chi connectivity index (χ2v) is 6.07. The van der Waals surface area contributed by atoms with Crippen LogP contribution in [-0.4, -0.2) is 38.8 Å². The minimum Gasteiger partial charge on any atom is -0.342 e. The number of likely N-dealkylation sites (tertiary alicyclic amines) is 1. The lowest BCUT2D eigenvalue weighted by atomic mass is 9.94. The number of aryl methyl sites for hydroxylation is 2. The van der Waals surface area contributed by atoms with Crippen molar-refractivity contribution in [3.05, 3.63) is 53.9 Å². The first-order valence-corrected chi connectivity index (χ1v) is 8.18. The lowest BCUT2D eigenvalue weighted by molar-refractivity contribution is -0.132. The summed E-state index contributed by atoms with van der Waals surface area (Å²) in [6.45, 7) is 3.53. The molecular weight excluding hydrogens is 288 g/mol. The number of hydrogen-bond donors (Lipinski definition) is 0. The van der Waals surface area contributed by atoms with Crippen LogP contribution in [0.1, 0.15) is 42.3 Å². The van der Waals surface area contributed by atoms with Crippen molar-refractivity contribution in [2.75, 3.05) is 13.1 Å². The van der Waals surface area contributed by atoms with Crippen LogP contribution in [0.2, 0.25) is 0 Å². The van der Waals surface area contributed by atoms with Gasteiger partial charge in [0.05, 0.1) is 0 Å². The van der Waals surface area contributed by atoms with Crippen LogP contribution in [0, 0.1) is 6.92 Å². The molecule has 1 amide bonds. The Kier molecular flexibility index (Phi) is 4.95. The molecule has 2 aromatic heterocycles. The molecule has 0 saturated carbocycles. The molecule has 1 saturated heterocycles. The molecule has 1 aliphatic rings. The first-order chi connectivity index (χ1) is 11.2. The van der Waals surface area contributed by atoms with Crippen LogP contribution in [0.3, 0.4) is 0 Å². The third-order valence-corrected chi connectivity index (χ3v) is 4.34. The number of hydrogen-bond acceptors (Lipinski definition) is 4. The van der Waals surface area contributed by atoms with Crippen molar-refractivity contribution in [3.63, 3.8) is 0 Å². The van der Waals surface area contributed by atoms with Crippen molar-refractivity contribution in [2.24, 2.45) is 0 Å². The number of carbonyl (C=O) groups is 1. The zero-order valence-electron chi connectivity index (χ0n) is 13.5. The second-order valence-electron chi connectivity index (χ2n) is 6.07. The number of amides is 1. The van der Waals surface area contributed by atoms with Crippen LogP contribution in [-0.2, 0) is 11.2 Å². The molecule has 23 heavy (non-hydrogen) atoms. The minimum absolute atomic E-state index is 0.226. The van der Waals surface area contributed by atoms with Gasteiger partial charge in [0.15, 0.2) is 0 Å². The maximum Gasteiger partial charge on any atom is 0.222 e. The average Bonchev–Trinajstić information content (AvgIpc) is 2.61. The molecule has 0 N–H and O–H groups in total. The number of piperidine rings is 1. The SMILES string of the molecule is Cc1nccc(C2CCCN(C(=O)CCc3cccnc3)C2)n1. The summed E-state index contributed by atoms with van der Waals surface area (Å²) in [7, 11) is 0. The van der Waals surface area contributed by atoms with Crippen molar-refractivity contribution in [1.29, 1.82) is 0 Å². The zero-order chi connectivity index (χ0) is 16.1. The van der Waals surface area contributed by atoms with Gasteiger partial charge in [-0.25, -0.2) is 9.97 Å². The second kappa shape index (κ2) is 7.31. The number of rotatable bonds is 4. The molecule has 5 heteroatoms. The molecule has 1 aliphatic heterocycles. The molecule has 0 spiro atoms. The van der Waals surface area contributed by atoms with Gasteiger partial charge < -0.3 is 4.90 Å². The van der Waals surface area contributed by atoms with Gasteiger partial charge in [-0.1, -0.05) is 6.07 Å². The Morgan fingerprint density at radius 3 is 3.04 bits per heavy atom. The van der Waals surface area contributed by atoms with E-state index in [4.69, 9.17) is 0 Å². The Labute approximate surface area is 136 Å². The van der Waals surface area contributed by atoms with Crippen molar-refractivity contribution >= 4 is 5.91 Å². The van der Waals surface area contributed by atoms with E-state index in [1.54, 1.807) is 12.4 Å². The fraction of sp³-hybridized carbons (Fsp3) is 0.444. The van der Waals surface area contributed by atoms with E-state index in [2.05, 4.69) is 15.0 Å². The molecule has 2 aromatic rings. The molecule has 1 fully saturated rings. The molecule has 1 unspecified atom stereocenters. The Morgan fingerprint density at radius 1 is 1.35 bits per heavy atom. The number of nitrogens with zero attached hydrogens (tertiary/aromatic N) is 4. The quantitative estimate of drug-likeness (QED) is 0.870. The standard InChI is InChI=1S/C18H22N4O/c1-14-20-10-8-17(21-14)16-5-3-11-22(13-16)18(23)7-6-15-4-2-9-19-12-15/h2,4,8-10,12,16H,3,5-7,11,13H2,1H3. The van der Waals surface area contributed by atoms with Crippen molar-refractivity contribution in [2.45, 2.75) is 38.5 Å². The number of carbonyl (C=O) groups excluding carboxylic acids is 1. The Morgan fingerprint density at radius 2 is 2.26 bits per heavy atom. The van der Waals surface area contributed by atoms with E-state index in [1.165, 1.54) is 0 Å². The van der Waals surface area contributed by atoms with E-state index >= 15 is 0 Å². The van der Waals surface area contributed by atoms with Crippen LogP contribution >= 0.6 is 0 Å². The molecule has 5 nitrogen and oxygen atoms in total. The summed E-state index contributed by atoms with van der Waals surface area (Å²) in [6.07, 6.45) is 8.80. The highest BCUT2D eigenvalue weighted by atomic mass is 16.2. The predicted octanol–water partition coefficient (Wildman–Crippen LogP) is 2.52. The van der Waals surface area contributed by atoms with E-state index < -0.39 is 0 Å². The van der Waals surface area contributed by atoms with Crippen LogP contribution in [0.4, 0.5) is 0 Å². The first kappa shape index (κ1) is 15.6. The summed E-state index contributed by atoms with van der Waals surface area (Å²) in [4.78, 5) is 27.3. The summed E-state index contributed by atoms with van der Waals surface area (Å²) < 4.78 is 0. The molecular formula is C18H22N4O. The van der Waals surface area contributed by atoms with E-state index in [1.807, 2.05) is 36.2 Å². The van der Waals surface area contributed by atoms with Crippen LogP contribution in [0.15, 0.2) is 36.8 Å². The molecule has 0 aromatic carbocycles. The normalized spacial score (nSPS) is 18.0. The van der Waals surface area contributed by atoms with Gasteiger partial charge in [0, 0.05) is 49.7 Å². The highest BCUT2D eigenvalue weighted by Crippen LogP contribution is 2.25. The van der Waals surface area contributed by atoms with Gasteiger partial charge >= 0.3 is 0 Å². The summed E-state index contributed by atoms with van der Waals surface area (Å²) in [5.74, 6) is 1.35. The Balaban J connectivity index is 1.58. The summed E-state index contributed by atoms with van der Waals surface area (Å²) in [5, 5.41) is 0. The molecule has 1 atom stereocenters. The largest absolute Gasteiger partial charge is 0.342 e. The lowest BCUT2D eigenvalue weighted by Crippen LogP contribution is -2.39. The third-order valence-electron chi connectivity index (χ3n) is 4.34. The van der Waals surface area contributed by atoms with Crippen LogP contribution < -0.4 is 0 Å². The fourth-order valence-electron chi connectivity index (χ4n) is 3.10. The maximum absolute atomic E-state index is 12.5. The highest BCUT2D eigenvalue weighted by molar-refractivity contribution is 5.76. The van der Waals surface area contributed by atoms with Crippen molar-refractivity contribution in [3.8, 4) is 0 Å². The molecule has 120 valence electrons. The Hall–Kier alpha value is -2.30. The summed E-state index contributed by atoms with van der Waals surface area (Å²) in [5.41, 5.74) is 2.17. The summed E-state index contributed by atoms with van der Waals surface area (Å²) >= 11 is 0. The van der Waals surface area contributed by atoms with Gasteiger partial charge in [0.1, 0.15) is 5.82 Å².